The minimum atomic E-state index is -3.16. The first-order chi connectivity index (χ1) is 11.7. The monoisotopic (exact) mass is 340 g/mol. The molecule has 0 saturated carbocycles. The Morgan fingerprint density at radius 3 is 1.54 bits per heavy atom. The molecule has 0 aliphatic carbocycles. The van der Waals surface area contributed by atoms with Crippen LogP contribution in [0.15, 0.2) is 78.9 Å². The van der Waals surface area contributed by atoms with Gasteiger partial charge in [0.25, 0.3) is 0 Å². The summed E-state index contributed by atoms with van der Waals surface area (Å²) in [7, 11) is -3.16. The van der Waals surface area contributed by atoms with Crippen molar-refractivity contribution in [3.8, 4) is 0 Å². The van der Waals surface area contributed by atoms with Crippen molar-refractivity contribution in [2.24, 2.45) is 0 Å². The fraction of sp³-hybridized carbons (Fsp3) is 0. The van der Waals surface area contributed by atoms with Crippen LogP contribution in [0, 0.1) is 0 Å². The van der Waals surface area contributed by atoms with E-state index in [0.717, 1.165) is 0 Å². The van der Waals surface area contributed by atoms with Gasteiger partial charge in [-0.05, 0) is 24.3 Å². The third-order valence-electron chi connectivity index (χ3n) is 3.80. The summed E-state index contributed by atoms with van der Waals surface area (Å²) in [6.45, 7) is 0. The van der Waals surface area contributed by atoms with Crippen LogP contribution in [0.4, 0.5) is 11.4 Å². The Kier molecular flexibility index (Phi) is 4.67. The second kappa shape index (κ2) is 6.89. The van der Waals surface area contributed by atoms with Gasteiger partial charge in [0.1, 0.15) is 0 Å². The van der Waals surface area contributed by atoms with Gasteiger partial charge in [-0.25, -0.2) is 0 Å². The molecule has 3 aromatic rings. The van der Waals surface area contributed by atoms with Crippen molar-refractivity contribution in [3.63, 3.8) is 0 Å². The quantitative estimate of drug-likeness (QED) is 0.424. The highest BCUT2D eigenvalue weighted by molar-refractivity contribution is 7.85. The molecule has 3 aromatic carbocycles. The number of hydrogen-bond donors (Lipinski definition) is 4. The molecule has 0 amide bonds. The van der Waals surface area contributed by atoms with E-state index in [1.807, 2.05) is 30.3 Å². The molecule has 0 atom stereocenters. The van der Waals surface area contributed by atoms with Crippen LogP contribution in [0.3, 0.4) is 0 Å². The second-order valence-corrected chi connectivity index (χ2v) is 8.04. The van der Waals surface area contributed by atoms with E-state index in [4.69, 9.17) is 10.4 Å². The van der Waals surface area contributed by atoms with Gasteiger partial charge in [-0.3, -0.25) is 21.4 Å². The van der Waals surface area contributed by atoms with E-state index in [-0.39, 0.29) is 0 Å². The number of benzene rings is 3. The van der Waals surface area contributed by atoms with Crippen LogP contribution in [0.1, 0.15) is 0 Å². The van der Waals surface area contributed by atoms with Gasteiger partial charge < -0.3 is 4.57 Å². The maximum atomic E-state index is 14.1. The Morgan fingerprint density at radius 1 is 0.625 bits per heavy atom. The number of nitrogens with one attached hydrogen (secondary N) is 2. The van der Waals surface area contributed by atoms with Crippen LogP contribution in [0.25, 0.3) is 0 Å². The Balaban J connectivity index is 2.27. The van der Waals surface area contributed by atoms with E-state index < -0.39 is 7.14 Å². The largest absolute Gasteiger partial charge is 0.309 e. The van der Waals surface area contributed by atoms with Gasteiger partial charge in [0.15, 0.2) is 7.14 Å². The highest BCUT2D eigenvalue weighted by Gasteiger charge is 2.30. The Hall–Kier alpha value is -2.59. The molecule has 0 aromatic heterocycles. The lowest BCUT2D eigenvalue weighted by Crippen LogP contribution is -2.25. The normalized spacial score (nSPS) is 11.1. The zero-order valence-corrected chi connectivity index (χ0v) is 13.6. The average Bonchev–Trinajstić information content (AvgIpc) is 2.68. The Labute approximate surface area is 139 Å². The lowest BCUT2D eigenvalue weighted by Gasteiger charge is -2.21. The molecule has 0 aliphatic heterocycles. The number of anilines is 2. The standard InChI is InChI=1S/C18H17N2O3P/c21-19-14-6-4-10-17(12-14)24(23,16-8-2-1-3-9-16)18-11-5-7-15(13-18)20-22/h1-13,19-22H. The molecule has 122 valence electrons. The minimum Gasteiger partial charge on any atom is -0.309 e. The van der Waals surface area contributed by atoms with Crippen molar-refractivity contribution in [2.75, 3.05) is 11.0 Å². The summed E-state index contributed by atoms with van der Waals surface area (Å²) in [5.41, 5.74) is 5.10. The van der Waals surface area contributed by atoms with Crippen molar-refractivity contribution >= 4 is 34.4 Å². The van der Waals surface area contributed by atoms with E-state index in [9.17, 15) is 4.57 Å². The van der Waals surface area contributed by atoms with Crippen LogP contribution in [-0.4, -0.2) is 10.4 Å². The summed E-state index contributed by atoms with van der Waals surface area (Å²) in [6, 6.07) is 22.9. The van der Waals surface area contributed by atoms with Gasteiger partial charge in [-0.2, -0.15) is 0 Å². The summed E-state index contributed by atoms with van der Waals surface area (Å²) in [5.74, 6) is 0. The second-order valence-electron chi connectivity index (χ2n) is 5.27. The molecule has 24 heavy (non-hydrogen) atoms. The molecule has 0 aliphatic rings. The molecule has 3 rings (SSSR count). The van der Waals surface area contributed by atoms with Crippen molar-refractivity contribution in [1.82, 2.24) is 0 Å². The van der Waals surface area contributed by atoms with Crippen LogP contribution < -0.4 is 26.9 Å². The van der Waals surface area contributed by atoms with Gasteiger partial charge in [0, 0.05) is 15.9 Å². The maximum Gasteiger partial charge on any atom is 0.171 e. The molecular formula is C18H17N2O3P. The molecule has 0 unspecified atom stereocenters. The number of rotatable bonds is 5. The Morgan fingerprint density at radius 2 is 1.08 bits per heavy atom. The molecule has 4 N–H and O–H groups in total. The molecular weight excluding hydrogens is 323 g/mol. The van der Waals surface area contributed by atoms with E-state index in [0.29, 0.717) is 27.3 Å². The SMILES string of the molecule is O=P(c1ccccc1)(c1cccc(NO)c1)c1cccc(NO)c1. The predicted molar refractivity (Wildman–Crippen MR) is 96.7 cm³/mol. The lowest BCUT2D eigenvalue weighted by molar-refractivity contribution is 0.388. The van der Waals surface area contributed by atoms with Gasteiger partial charge in [0.05, 0.1) is 11.4 Å². The zero-order valence-electron chi connectivity index (χ0n) is 12.8. The molecule has 0 saturated heterocycles. The third kappa shape index (κ3) is 2.93. The molecule has 5 nitrogen and oxygen atoms in total. The highest BCUT2D eigenvalue weighted by Crippen LogP contribution is 2.43. The summed E-state index contributed by atoms with van der Waals surface area (Å²) in [5, 5.41) is 20.2. The first kappa shape index (κ1) is 16.3. The van der Waals surface area contributed by atoms with Crippen LogP contribution in [-0.2, 0) is 4.57 Å². The van der Waals surface area contributed by atoms with Crippen LogP contribution in [0.2, 0.25) is 0 Å². The van der Waals surface area contributed by atoms with E-state index in [2.05, 4.69) is 11.0 Å². The zero-order chi connectivity index (χ0) is 17.0. The van der Waals surface area contributed by atoms with Crippen molar-refractivity contribution in [3.05, 3.63) is 78.9 Å². The third-order valence-corrected chi connectivity index (χ3v) is 6.83. The highest BCUT2D eigenvalue weighted by atomic mass is 31.2. The van der Waals surface area contributed by atoms with E-state index >= 15 is 0 Å². The van der Waals surface area contributed by atoms with Gasteiger partial charge in [-0.15, -0.1) is 0 Å². The Bertz CT molecular complexity index is 833. The fourth-order valence-electron chi connectivity index (χ4n) is 2.63. The van der Waals surface area contributed by atoms with Gasteiger partial charge in [-0.1, -0.05) is 54.6 Å². The van der Waals surface area contributed by atoms with Crippen molar-refractivity contribution in [1.29, 1.82) is 0 Å². The average molecular weight is 340 g/mol. The van der Waals surface area contributed by atoms with Gasteiger partial charge in [0.2, 0.25) is 0 Å². The van der Waals surface area contributed by atoms with E-state index in [1.165, 1.54) is 0 Å². The predicted octanol–water partition coefficient (Wildman–Crippen LogP) is 2.93. The smallest absolute Gasteiger partial charge is 0.171 e. The summed E-state index contributed by atoms with van der Waals surface area (Å²) in [4.78, 5) is 0. The first-order valence-electron chi connectivity index (χ1n) is 7.35. The molecule has 0 radical (unpaired) electrons. The van der Waals surface area contributed by atoms with Crippen LogP contribution in [0.5, 0.6) is 0 Å². The lowest BCUT2D eigenvalue weighted by atomic mass is 10.3. The molecule has 6 heteroatoms. The van der Waals surface area contributed by atoms with E-state index in [1.54, 1.807) is 48.5 Å². The summed E-state index contributed by atoms with van der Waals surface area (Å²) in [6.07, 6.45) is 0. The molecule has 0 spiro atoms. The fourth-order valence-corrected chi connectivity index (χ4v) is 5.35. The van der Waals surface area contributed by atoms with Crippen LogP contribution >= 0.6 is 7.14 Å². The first-order valence-corrected chi connectivity index (χ1v) is 9.06. The van der Waals surface area contributed by atoms with Crippen molar-refractivity contribution < 1.29 is 15.0 Å². The number of hydrogen-bond acceptors (Lipinski definition) is 5. The molecule has 0 fully saturated rings. The minimum absolute atomic E-state index is 0.458. The molecule has 0 heterocycles. The van der Waals surface area contributed by atoms with Gasteiger partial charge >= 0.3 is 0 Å². The topological polar surface area (TPSA) is 81.6 Å². The maximum absolute atomic E-state index is 14.1. The molecule has 0 bridgehead atoms. The summed E-state index contributed by atoms with van der Waals surface area (Å²) >= 11 is 0. The summed E-state index contributed by atoms with van der Waals surface area (Å²) < 4.78 is 14.1. The van der Waals surface area contributed by atoms with Crippen molar-refractivity contribution in [2.45, 2.75) is 0 Å².